The summed E-state index contributed by atoms with van der Waals surface area (Å²) >= 11 is 0. The topological polar surface area (TPSA) is 89.3 Å². The average molecular weight is 449 g/mol. The molecule has 0 saturated heterocycles. The van der Waals surface area contributed by atoms with E-state index in [2.05, 4.69) is 4.98 Å². The van der Waals surface area contributed by atoms with Crippen molar-refractivity contribution in [3.8, 4) is 40.2 Å². The molecule has 0 aliphatic rings. The standard InChI is InChI=1S/C25H23NO7/c1-28-16-7-8-17-18(12-16)33-24(14-6-9-21(31-4)26-13-14)22(17)23(27)15-10-19(29-2)25(32-5)20(11-15)30-3/h6-13H,1-5H3. The largest absolute Gasteiger partial charge is 0.497 e. The highest BCUT2D eigenvalue weighted by Gasteiger charge is 2.26. The molecule has 33 heavy (non-hydrogen) atoms. The van der Waals surface area contributed by atoms with Gasteiger partial charge in [-0.25, -0.2) is 4.98 Å². The van der Waals surface area contributed by atoms with Crippen LogP contribution in [0.3, 0.4) is 0 Å². The van der Waals surface area contributed by atoms with Crippen molar-refractivity contribution in [1.82, 2.24) is 4.98 Å². The van der Waals surface area contributed by atoms with E-state index >= 15 is 0 Å². The Morgan fingerprint density at radius 2 is 1.55 bits per heavy atom. The number of aromatic nitrogens is 1. The number of carbonyl (C=O) groups is 1. The van der Waals surface area contributed by atoms with E-state index in [0.29, 0.717) is 62.3 Å². The average Bonchev–Trinajstić information content (AvgIpc) is 3.25. The number of methoxy groups -OCH3 is 5. The maximum Gasteiger partial charge on any atom is 0.212 e. The lowest BCUT2D eigenvalue weighted by molar-refractivity contribution is 0.103. The Balaban J connectivity index is 1.94. The number of ketones is 1. The van der Waals surface area contributed by atoms with Crippen LogP contribution in [0.5, 0.6) is 28.9 Å². The van der Waals surface area contributed by atoms with Crippen LogP contribution in [0.15, 0.2) is 53.1 Å². The molecule has 8 heteroatoms. The molecule has 0 bridgehead atoms. The summed E-state index contributed by atoms with van der Waals surface area (Å²) in [4.78, 5) is 18.1. The molecule has 0 aliphatic carbocycles. The van der Waals surface area contributed by atoms with Gasteiger partial charge in [-0.2, -0.15) is 0 Å². The van der Waals surface area contributed by atoms with Gasteiger partial charge >= 0.3 is 0 Å². The number of fused-ring (bicyclic) bond motifs is 1. The fraction of sp³-hybridized carbons (Fsp3) is 0.200. The minimum absolute atomic E-state index is 0.274. The van der Waals surface area contributed by atoms with Crippen molar-refractivity contribution >= 4 is 16.8 Å². The number of furan rings is 1. The van der Waals surface area contributed by atoms with Crippen LogP contribution in [-0.4, -0.2) is 46.3 Å². The second-order valence-electron chi connectivity index (χ2n) is 7.00. The number of ether oxygens (including phenoxy) is 5. The maximum atomic E-state index is 13.8. The summed E-state index contributed by atoms with van der Waals surface area (Å²) in [5.74, 6) is 2.33. The minimum Gasteiger partial charge on any atom is -0.497 e. The molecule has 2 aromatic heterocycles. The van der Waals surface area contributed by atoms with Gasteiger partial charge in [-0.3, -0.25) is 4.79 Å². The van der Waals surface area contributed by atoms with Crippen LogP contribution in [0, 0.1) is 0 Å². The minimum atomic E-state index is -0.274. The second kappa shape index (κ2) is 9.12. The monoisotopic (exact) mass is 449 g/mol. The molecule has 0 spiro atoms. The van der Waals surface area contributed by atoms with E-state index in [0.717, 1.165) is 0 Å². The van der Waals surface area contributed by atoms with Crippen molar-refractivity contribution < 1.29 is 32.9 Å². The van der Waals surface area contributed by atoms with Crippen LogP contribution in [0.1, 0.15) is 15.9 Å². The summed E-state index contributed by atoms with van der Waals surface area (Å²) in [6, 6.07) is 12.0. The first-order valence-corrected chi connectivity index (χ1v) is 10.00. The van der Waals surface area contributed by atoms with Gasteiger partial charge in [-0.05, 0) is 30.3 Å². The van der Waals surface area contributed by atoms with Crippen molar-refractivity contribution in [3.05, 3.63) is 59.8 Å². The molecular weight excluding hydrogens is 426 g/mol. The molecule has 2 aromatic carbocycles. The zero-order valence-electron chi connectivity index (χ0n) is 18.9. The van der Waals surface area contributed by atoms with Crippen molar-refractivity contribution in [3.63, 3.8) is 0 Å². The SMILES string of the molecule is COc1ccc2c(C(=O)c3cc(OC)c(OC)c(OC)c3)c(-c3ccc(OC)nc3)oc2c1. The Kier molecular flexibility index (Phi) is 6.08. The summed E-state index contributed by atoms with van der Waals surface area (Å²) in [6.07, 6.45) is 1.60. The Morgan fingerprint density at radius 1 is 0.818 bits per heavy atom. The van der Waals surface area contributed by atoms with Gasteiger partial charge in [0.1, 0.15) is 17.1 Å². The molecule has 4 rings (SSSR count). The van der Waals surface area contributed by atoms with Gasteiger partial charge in [-0.15, -0.1) is 0 Å². The number of rotatable bonds is 8. The first-order valence-electron chi connectivity index (χ1n) is 10.00. The van der Waals surface area contributed by atoms with E-state index < -0.39 is 0 Å². The summed E-state index contributed by atoms with van der Waals surface area (Å²) < 4.78 is 32.8. The van der Waals surface area contributed by atoms with Crippen LogP contribution in [0.2, 0.25) is 0 Å². The molecule has 4 aromatic rings. The van der Waals surface area contributed by atoms with Crippen LogP contribution in [0.4, 0.5) is 0 Å². The lowest BCUT2D eigenvalue weighted by Gasteiger charge is -2.14. The lowest BCUT2D eigenvalue weighted by atomic mass is 9.97. The molecule has 0 atom stereocenters. The van der Waals surface area contributed by atoms with E-state index in [1.54, 1.807) is 55.8 Å². The molecule has 0 aliphatic heterocycles. The first kappa shape index (κ1) is 22.0. The number of pyridine rings is 1. The zero-order chi connectivity index (χ0) is 23.5. The third-order valence-electron chi connectivity index (χ3n) is 5.26. The highest BCUT2D eigenvalue weighted by molar-refractivity contribution is 6.20. The molecule has 0 fully saturated rings. The molecular formula is C25H23NO7. The van der Waals surface area contributed by atoms with Crippen LogP contribution >= 0.6 is 0 Å². The predicted octanol–water partition coefficient (Wildman–Crippen LogP) is 4.77. The van der Waals surface area contributed by atoms with Crippen LogP contribution in [0.25, 0.3) is 22.3 Å². The molecule has 8 nitrogen and oxygen atoms in total. The van der Waals surface area contributed by atoms with Crippen molar-refractivity contribution in [2.45, 2.75) is 0 Å². The van der Waals surface area contributed by atoms with E-state index in [-0.39, 0.29) is 5.78 Å². The van der Waals surface area contributed by atoms with Gasteiger partial charge < -0.3 is 28.1 Å². The number of benzene rings is 2. The fourth-order valence-corrected chi connectivity index (χ4v) is 3.62. The van der Waals surface area contributed by atoms with E-state index in [4.69, 9.17) is 28.1 Å². The Labute approximate surface area is 190 Å². The van der Waals surface area contributed by atoms with Gasteiger partial charge in [0.25, 0.3) is 0 Å². The first-order chi connectivity index (χ1) is 16.0. The summed E-state index contributed by atoms with van der Waals surface area (Å²) in [5.41, 5.74) is 1.87. The number of hydrogen-bond donors (Lipinski definition) is 0. The third kappa shape index (κ3) is 3.91. The van der Waals surface area contributed by atoms with E-state index in [1.807, 2.05) is 0 Å². The quantitative estimate of drug-likeness (QED) is 0.356. The van der Waals surface area contributed by atoms with Crippen LogP contribution < -0.4 is 23.7 Å². The van der Waals surface area contributed by atoms with Gasteiger partial charge in [0.05, 0.1) is 41.1 Å². The fourth-order valence-electron chi connectivity index (χ4n) is 3.62. The van der Waals surface area contributed by atoms with Crippen LogP contribution in [-0.2, 0) is 0 Å². The maximum absolute atomic E-state index is 13.8. The molecule has 0 saturated carbocycles. The normalized spacial score (nSPS) is 10.7. The predicted molar refractivity (Wildman–Crippen MR) is 122 cm³/mol. The van der Waals surface area contributed by atoms with Crippen molar-refractivity contribution in [2.24, 2.45) is 0 Å². The second-order valence-corrected chi connectivity index (χ2v) is 7.00. The lowest BCUT2D eigenvalue weighted by Crippen LogP contribution is -2.05. The van der Waals surface area contributed by atoms with Gasteiger partial charge in [0, 0.05) is 34.8 Å². The van der Waals surface area contributed by atoms with Gasteiger partial charge in [-0.1, -0.05) is 0 Å². The Hall–Kier alpha value is -4.20. The molecule has 0 N–H and O–H groups in total. The summed E-state index contributed by atoms with van der Waals surface area (Å²) in [6.45, 7) is 0. The Bertz CT molecular complexity index is 1280. The molecule has 170 valence electrons. The summed E-state index contributed by atoms with van der Waals surface area (Å²) in [7, 11) is 7.61. The molecule has 0 unspecified atom stereocenters. The zero-order valence-corrected chi connectivity index (χ0v) is 18.9. The van der Waals surface area contributed by atoms with E-state index in [9.17, 15) is 4.79 Å². The molecule has 2 heterocycles. The van der Waals surface area contributed by atoms with Crippen molar-refractivity contribution in [2.75, 3.05) is 35.5 Å². The number of carbonyl (C=O) groups excluding carboxylic acids is 1. The number of hydrogen-bond acceptors (Lipinski definition) is 8. The van der Waals surface area contributed by atoms with Gasteiger partial charge in [0.2, 0.25) is 11.6 Å². The molecule has 0 radical (unpaired) electrons. The number of nitrogens with zero attached hydrogens (tertiary/aromatic N) is 1. The third-order valence-corrected chi connectivity index (χ3v) is 5.26. The molecule has 0 amide bonds. The highest BCUT2D eigenvalue weighted by Crippen LogP contribution is 2.41. The Morgan fingerprint density at radius 3 is 2.09 bits per heavy atom. The van der Waals surface area contributed by atoms with Crippen molar-refractivity contribution in [1.29, 1.82) is 0 Å². The van der Waals surface area contributed by atoms with Gasteiger partial charge in [0.15, 0.2) is 17.3 Å². The summed E-state index contributed by atoms with van der Waals surface area (Å²) in [5, 5.41) is 0.639. The van der Waals surface area contributed by atoms with E-state index in [1.165, 1.54) is 28.4 Å². The smallest absolute Gasteiger partial charge is 0.212 e. The highest BCUT2D eigenvalue weighted by atomic mass is 16.5.